The van der Waals surface area contributed by atoms with Gasteiger partial charge in [0, 0.05) is 23.9 Å². The van der Waals surface area contributed by atoms with Crippen LogP contribution in [0.3, 0.4) is 0 Å². The van der Waals surface area contributed by atoms with Gasteiger partial charge in [-0.2, -0.15) is 0 Å². The second kappa shape index (κ2) is 8.69. The monoisotopic (exact) mass is 505 g/mol. The van der Waals surface area contributed by atoms with Gasteiger partial charge in [-0.25, -0.2) is 4.79 Å². The molecule has 0 bridgehead atoms. The molecule has 35 heavy (non-hydrogen) atoms. The van der Waals surface area contributed by atoms with Crippen molar-refractivity contribution < 1.29 is 33.0 Å². The molecule has 3 aliphatic rings. The van der Waals surface area contributed by atoms with Crippen molar-refractivity contribution in [3.8, 4) is 17.2 Å². The Morgan fingerprint density at radius 2 is 1.83 bits per heavy atom. The molecule has 2 aliphatic heterocycles. The van der Waals surface area contributed by atoms with E-state index in [-0.39, 0.29) is 42.5 Å². The molecule has 0 saturated heterocycles. The third-order valence-corrected chi connectivity index (χ3v) is 12.1. The van der Waals surface area contributed by atoms with Gasteiger partial charge in [0.05, 0.1) is 13.7 Å². The number of Topliss-reactive ketones (excluding diaryl/α,β-unsaturated/α-hetero) is 1. The van der Waals surface area contributed by atoms with Crippen molar-refractivity contribution >= 4 is 20.2 Å². The van der Waals surface area contributed by atoms with Gasteiger partial charge in [0.2, 0.25) is 12.5 Å². The Balaban J connectivity index is 1.76. The Morgan fingerprint density at radius 1 is 1.14 bits per heavy atom. The molecule has 194 valence electrons. The van der Waals surface area contributed by atoms with Gasteiger partial charge in [-0.1, -0.05) is 20.8 Å². The fourth-order valence-corrected chi connectivity index (χ4v) is 6.19. The quantitative estimate of drug-likeness (QED) is 0.510. The number of nitrogens with zero attached hydrogens (tertiary/aromatic N) is 1. The van der Waals surface area contributed by atoms with E-state index >= 15 is 0 Å². The average molecular weight is 506 g/mol. The fourth-order valence-electron chi connectivity index (χ4n) is 4.89. The zero-order valence-electron chi connectivity index (χ0n) is 22.4. The SMILES string of the molecule is COc1c2c(cc3c1OCO3)[C@H]1C[C@@H](O[Si](C)(C)C(C)(C)C)C(=O)C[C@@H]1N(C(=O)OC(C)(C)C)C2. The van der Waals surface area contributed by atoms with Gasteiger partial charge in [-0.05, 0) is 57.0 Å². The number of benzene rings is 1. The highest BCUT2D eigenvalue weighted by molar-refractivity contribution is 6.74. The summed E-state index contributed by atoms with van der Waals surface area (Å²) in [6, 6.07) is 1.66. The van der Waals surface area contributed by atoms with Crippen LogP contribution in [0.4, 0.5) is 4.79 Å². The molecular formula is C26H39NO7Si. The molecule has 0 radical (unpaired) electrons. The number of carbonyl (C=O) groups excluding carboxylic acids is 2. The number of methoxy groups -OCH3 is 1. The van der Waals surface area contributed by atoms with Crippen LogP contribution in [0.15, 0.2) is 6.07 Å². The first kappa shape index (κ1) is 25.8. The first-order valence-electron chi connectivity index (χ1n) is 12.3. The summed E-state index contributed by atoms with van der Waals surface area (Å²) in [7, 11) is -0.590. The van der Waals surface area contributed by atoms with Crippen molar-refractivity contribution in [1.29, 1.82) is 0 Å². The lowest BCUT2D eigenvalue weighted by Crippen LogP contribution is -2.55. The van der Waals surface area contributed by atoms with Gasteiger partial charge in [0.25, 0.3) is 0 Å². The Bertz CT molecular complexity index is 1020. The van der Waals surface area contributed by atoms with Gasteiger partial charge in [0.1, 0.15) is 11.7 Å². The summed E-state index contributed by atoms with van der Waals surface area (Å²) in [6.07, 6.45) is -0.237. The summed E-state index contributed by atoms with van der Waals surface area (Å²) in [4.78, 5) is 28.4. The van der Waals surface area contributed by atoms with Crippen LogP contribution in [0.25, 0.3) is 0 Å². The van der Waals surface area contributed by atoms with Crippen LogP contribution >= 0.6 is 0 Å². The van der Waals surface area contributed by atoms with E-state index in [0.29, 0.717) is 23.7 Å². The normalized spacial score (nSPS) is 24.1. The maximum atomic E-state index is 13.4. The molecule has 0 N–H and O–H groups in total. The molecule has 0 spiro atoms. The molecule has 1 amide bonds. The lowest BCUT2D eigenvalue weighted by Gasteiger charge is -2.48. The Labute approximate surface area is 209 Å². The largest absolute Gasteiger partial charge is 0.492 e. The molecule has 1 aromatic carbocycles. The fraction of sp³-hybridized carbons (Fsp3) is 0.692. The highest BCUT2D eigenvalue weighted by Gasteiger charge is 2.50. The standard InChI is InChI=1S/C26H39NO7Si/c1-25(2,3)33-24(29)27-13-17-15(10-21-23(22(17)30-7)32-14-31-21)16-11-20(19(28)12-18(16)27)34-35(8,9)26(4,5)6/h10,16,18,20H,11-14H2,1-9H3/t16-,18+,20-/m1/s1. The number of carbonyl (C=O) groups is 2. The van der Waals surface area contributed by atoms with Gasteiger partial charge < -0.3 is 23.4 Å². The minimum Gasteiger partial charge on any atom is -0.492 e. The zero-order valence-corrected chi connectivity index (χ0v) is 23.4. The molecule has 8 nitrogen and oxygen atoms in total. The Kier molecular flexibility index (Phi) is 6.41. The van der Waals surface area contributed by atoms with E-state index in [1.54, 1.807) is 12.0 Å². The molecule has 9 heteroatoms. The van der Waals surface area contributed by atoms with Crippen LogP contribution in [-0.2, 0) is 20.5 Å². The van der Waals surface area contributed by atoms with Crippen molar-refractivity contribution in [1.82, 2.24) is 4.90 Å². The van der Waals surface area contributed by atoms with Crippen LogP contribution in [0.2, 0.25) is 18.1 Å². The lowest BCUT2D eigenvalue weighted by molar-refractivity contribution is -0.131. The van der Waals surface area contributed by atoms with E-state index in [9.17, 15) is 9.59 Å². The molecule has 0 aromatic heterocycles. The van der Waals surface area contributed by atoms with Crippen LogP contribution in [0.1, 0.15) is 71.4 Å². The Hall–Kier alpha value is -2.26. The molecule has 2 heterocycles. The number of fused-ring (bicyclic) bond motifs is 4. The van der Waals surface area contributed by atoms with Gasteiger partial charge >= 0.3 is 6.09 Å². The van der Waals surface area contributed by atoms with Gasteiger partial charge in [0.15, 0.2) is 25.6 Å². The van der Waals surface area contributed by atoms with Crippen molar-refractivity contribution in [2.75, 3.05) is 13.9 Å². The van der Waals surface area contributed by atoms with E-state index in [4.69, 9.17) is 23.4 Å². The van der Waals surface area contributed by atoms with Gasteiger partial charge in [-0.3, -0.25) is 9.69 Å². The van der Waals surface area contributed by atoms with Crippen molar-refractivity contribution in [2.45, 2.75) is 103 Å². The van der Waals surface area contributed by atoms with E-state index < -0.39 is 26.1 Å². The minimum absolute atomic E-state index is 0.0215. The average Bonchev–Trinajstić information content (AvgIpc) is 3.18. The predicted molar refractivity (Wildman–Crippen MR) is 134 cm³/mol. The summed E-state index contributed by atoms with van der Waals surface area (Å²) < 4.78 is 29.5. The number of amides is 1. The molecule has 4 rings (SSSR count). The van der Waals surface area contributed by atoms with Crippen molar-refractivity contribution in [3.05, 3.63) is 17.2 Å². The van der Waals surface area contributed by atoms with E-state index in [1.807, 2.05) is 26.8 Å². The van der Waals surface area contributed by atoms with Gasteiger partial charge in [-0.15, -0.1) is 0 Å². The maximum Gasteiger partial charge on any atom is 0.410 e. The maximum absolute atomic E-state index is 13.4. The summed E-state index contributed by atoms with van der Waals surface area (Å²) in [5, 5.41) is -0.0215. The molecule has 1 fully saturated rings. The highest BCUT2D eigenvalue weighted by Crippen LogP contribution is 2.53. The lowest BCUT2D eigenvalue weighted by atomic mass is 9.73. The third-order valence-electron chi connectivity index (χ3n) is 7.66. The van der Waals surface area contributed by atoms with Crippen molar-refractivity contribution in [2.24, 2.45) is 0 Å². The summed E-state index contributed by atoms with van der Waals surface area (Å²) >= 11 is 0. The predicted octanol–water partition coefficient (Wildman–Crippen LogP) is 5.38. The minimum atomic E-state index is -2.18. The number of hydrogen-bond donors (Lipinski definition) is 0. The number of ketones is 1. The number of ether oxygens (including phenoxy) is 4. The second-order valence-corrected chi connectivity index (χ2v) is 17.0. The smallest absolute Gasteiger partial charge is 0.410 e. The van der Waals surface area contributed by atoms with Crippen molar-refractivity contribution in [3.63, 3.8) is 0 Å². The van der Waals surface area contributed by atoms with E-state index in [1.165, 1.54) is 0 Å². The topological polar surface area (TPSA) is 83.5 Å². The van der Waals surface area contributed by atoms with E-state index in [2.05, 4.69) is 33.9 Å². The summed E-state index contributed by atoms with van der Waals surface area (Å²) in [6.45, 7) is 16.7. The third kappa shape index (κ3) is 4.77. The molecule has 3 atom stereocenters. The molecule has 1 saturated carbocycles. The van der Waals surface area contributed by atoms with Crippen LogP contribution < -0.4 is 14.2 Å². The molecule has 1 aromatic rings. The molecular weight excluding hydrogens is 466 g/mol. The van der Waals surface area contributed by atoms with E-state index in [0.717, 1.165) is 11.1 Å². The van der Waals surface area contributed by atoms with Crippen LogP contribution in [-0.4, -0.2) is 56.7 Å². The number of rotatable bonds is 3. The summed E-state index contributed by atoms with van der Waals surface area (Å²) in [5.41, 5.74) is 1.23. The molecule has 0 unspecified atom stereocenters. The number of hydrogen-bond acceptors (Lipinski definition) is 7. The molecule has 1 aliphatic carbocycles. The summed E-state index contributed by atoms with van der Waals surface area (Å²) in [5.74, 6) is 1.67. The first-order chi connectivity index (χ1) is 16.1. The first-order valence-corrected chi connectivity index (χ1v) is 15.2. The van der Waals surface area contributed by atoms with Crippen LogP contribution in [0, 0.1) is 0 Å². The second-order valence-electron chi connectivity index (χ2n) is 12.3. The highest BCUT2D eigenvalue weighted by atomic mass is 28.4. The van der Waals surface area contributed by atoms with Crippen LogP contribution in [0.5, 0.6) is 17.2 Å². The zero-order chi connectivity index (χ0) is 25.9. The Morgan fingerprint density at radius 3 is 2.43 bits per heavy atom.